The van der Waals surface area contributed by atoms with Gasteiger partial charge in [-0.1, -0.05) is 6.07 Å². The molecule has 1 saturated heterocycles. The van der Waals surface area contributed by atoms with Crippen LogP contribution in [0.1, 0.15) is 31.7 Å². The molecule has 0 saturated carbocycles. The van der Waals surface area contributed by atoms with E-state index in [0.29, 0.717) is 24.0 Å². The average molecular weight is 409 g/mol. The number of hydrogen-bond acceptors (Lipinski definition) is 4. The van der Waals surface area contributed by atoms with Crippen LogP contribution in [0.3, 0.4) is 0 Å². The maximum absolute atomic E-state index is 12.4. The number of urea groups is 1. The van der Waals surface area contributed by atoms with E-state index in [1.807, 2.05) is 49.3 Å². The fourth-order valence-electron chi connectivity index (χ4n) is 4.07. The van der Waals surface area contributed by atoms with Gasteiger partial charge >= 0.3 is 6.03 Å². The summed E-state index contributed by atoms with van der Waals surface area (Å²) in [5, 5.41) is 4.08. The van der Waals surface area contributed by atoms with Gasteiger partial charge in [-0.05, 0) is 49.6 Å². The third-order valence-electron chi connectivity index (χ3n) is 5.61. The van der Waals surface area contributed by atoms with Crippen LogP contribution in [0.5, 0.6) is 11.5 Å². The highest BCUT2D eigenvalue weighted by Crippen LogP contribution is 2.36. The average Bonchev–Trinajstić information content (AvgIpc) is 3.39. The standard InChI is InChI=1S/C23H28N4O3/c1-14(2)26-23(28)27-8-7-16(13-27)19-12-25-22-18(19)9-17(11-24-22)15-5-6-20(29-3)21(10-15)30-4/h5-6,9-12,14,16H,7-8,13H2,1-4H3,(H,24,25)(H,26,28). The van der Waals surface area contributed by atoms with Crippen molar-refractivity contribution >= 4 is 17.1 Å². The molecule has 0 aliphatic carbocycles. The molecular formula is C23H28N4O3. The number of benzene rings is 1. The number of hydrogen-bond donors (Lipinski definition) is 2. The topological polar surface area (TPSA) is 79.5 Å². The summed E-state index contributed by atoms with van der Waals surface area (Å²) in [4.78, 5) is 22.2. The van der Waals surface area contributed by atoms with E-state index in [0.717, 1.165) is 35.1 Å². The van der Waals surface area contributed by atoms with Crippen molar-refractivity contribution in [2.45, 2.75) is 32.2 Å². The number of rotatable bonds is 5. The lowest BCUT2D eigenvalue weighted by Crippen LogP contribution is -2.41. The number of amides is 2. The van der Waals surface area contributed by atoms with Crippen molar-refractivity contribution in [1.82, 2.24) is 20.2 Å². The molecule has 2 amide bonds. The predicted molar refractivity (Wildman–Crippen MR) is 117 cm³/mol. The van der Waals surface area contributed by atoms with Crippen LogP contribution < -0.4 is 14.8 Å². The Balaban J connectivity index is 1.62. The van der Waals surface area contributed by atoms with Crippen LogP contribution in [0.2, 0.25) is 0 Å². The van der Waals surface area contributed by atoms with Crippen LogP contribution in [0.25, 0.3) is 22.2 Å². The molecule has 158 valence electrons. The molecule has 4 rings (SSSR count). The van der Waals surface area contributed by atoms with Gasteiger partial charge in [0, 0.05) is 48.4 Å². The fourth-order valence-corrected chi connectivity index (χ4v) is 4.07. The minimum Gasteiger partial charge on any atom is -0.493 e. The highest BCUT2D eigenvalue weighted by Gasteiger charge is 2.29. The van der Waals surface area contributed by atoms with E-state index in [9.17, 15) is 4.79 Å². The summed E-state index contributed by atoms with van der Waals surface area (Å²) in [6, 6.07) is 8.17. The van der Waals surface area contributed by atoms with Crippen LogP contribution in [-0.4, -0.2) is 54.2 Å². The van der Waals surface area contributed by atoms with Crippen molar-refractivity contribution in [3.8, 4) is 22.6 Å². The molecule has 1 atom stereocenters. The third-order valence-corrected chi connectivity index (χ3v) is 5.61. The maximum atomic E-state index is 12.4. The predicted octanol–water partition coefficient (Wildman–Crippen LogP) is 4.15. The number of nitrogens with one attached hydrogen (secondary N) is 2. The monoisotopic (exact) mass is 408 g/mol. The molecule has 7 heteroatoms. The Kier molecular flexibility index (Phi) is 5.53. The molecule has 1 aliphatic rings. The Bertz CT molecular complexity index is 1060. The van der Waals surface area contributed by atoms with Crippen LogP contribution in [0.4, 0.5) is 4.79 Å². The molecule has 1 aromatic carbocycles. The van der Waals surface area contributed by atoms with Gasteiger partial charge in [0.1, 0.15) is 5.65 Å². The van der Waals surface area contributed by atoms with E-state index in [4.69, 9.17) is 9.47 Å². The number of likely N-dealkylation sites (tertiary alicyclic amines) is 1. The lowest BCUT2D eigenvalue weighted by molar-refractivity contribution is 0.205. The van der Waals surface area contributed by atoms with Crippen LogP contribution in [0, 0.1) is 0 Å². The van der Waals surface area contributed by atoms with Gasteiger partial charge in [-0.2, -0.15) is 0 Å². The number of nitrogens with zero attached hydrogens (tertiary/aromatic N) is 2. The molecule has 0 bridgehead atoms. The van der Waals surface area contributed by atoms with Crippen molar-refractivity contribution in [3.05, 3.63) is 42.2 Å². The van der Waals surface area contributed by atoms with E-state index >= 15 is 0 Å². The first kappa shape index (κ1) is 20.1. The molecule has 3 aromatic rings. The number of pyridine rings is 1. The van der Waals surface area contributed by atoms with Gasteiger partial charge in [0.25, 0.3) is 0 Å². The van der Waals surface area contributed by atoms with Gasteiger partial charge in [0.05, 0.1) is 14.2 Å². The van der Waals surface area contributed by atoms with Crippen LogP contribution >= 0.6 is 0 Å². The van der Waals surface area contributed by atoms with Gasteiger partial charge in [-0.3, -0.25) is 0 Å². The number of ether oxygens (including phenoxy) is 2. The summed E-state index contributed by atoms with van der Waals surface area (Å²) in [5.74, 6) is 1.68. The number of methoxy groups -OCH3 is 2. The van der Waals surface area contributed by atoms with E-state index in [1.165, 1.54) is 5.56 Å². The number of fused-ring (bicyclic) bond motifs is 1. The largest absolute Gasteiger partial charge is 0.493 e. The van der Waals surface area contributed by atoms with Crippen molar-refractivity contribution in [1.29, 1.82) is 0 Å². The van der Waals surface area contributed by atoms with Crippen molar-refractivity contribution < 1.29 is 14.3 Å². The first-order chi connectivity index (χ1) is 14.5. The van der Waals surface area contributed by atoms with E-state index in [-0.39, 0.29) is 12.1 Å². The summed E-state index contributed by atoms with van der Waals surface area (Å²) >= 11 is 0. The Morgan fingerprint density at radius 1 is 1.20 bits per heavy atom. The third kappa shape index (κ3) is 3.79. The summed E-state index contributed by atoms with van der Waals surface area (Å²) < 4.78 is 10.8. The van der Waals surface area contributed by atoms with Gasteiger partial charge in [-0.25, -0.2) is 9.78 Å². The van der Waals surface area contributed by atoms with Crippen LogP contribution in [0.15, 0.2) is 36.7 Å². The molecule has 1 unspecified atom stereocenters. The molecule has 1 fully saturated rings. The second kappa shape index (κ2) is 8.26. The number of H-pyrrole nitrogens is 1. The SMILES string of the molecule is COc1ccc(-c2cnc3[nH]cc(C4CCN(C(=O)NC(C)C)C4)c3c2)cc1OC. The normalized spacial score (nSPS) is 16.3. The molecule has 0 radical (unpaired) electrons. The Morgan fingerprint density at radius 2 is 2.00 bits per heavy atom. The molecule has 0 spiro atoms. The van der Waals surface area contributed by atoms with E-state index in [2.05, 4.69) is 21.4 Å². The summed E-state index contributed by atoms with van der Waals surface area (Å²) in [5.41, 5.74) is 4.09. The summed E-state index contributed by atoms with van der Waals surface area (Å²) in [7, 11) is 3.26. The smallest absolute Gasteiger partial charge is 0.317 e. The van der Waals surface area contributed by atoms with Crippen molar-refractivity contribution in [3.63, 3.8) is 0 Å². The molecule has 7 nitrogen and oxygen atoms in total. The summed E-state index contributed by atoms with van der Waals surface area (Å²) in [6.07, 6.45) is 4.84. The van der Waals surface area contributed by atoms with Gasteiger partial charge in [0.2, 0.25) is 0 Å². The lowest BCUT2D eigenvalue weighted by atomic mass is 9.97. The highest BCUT2D eigenvalue weighted by atomic mass is 16.5. The van der Waals surface area contributed by atoms with Gasteiger partial charge in [0.15, 0.2) is 11.5 Å². The summed E-state index contributed by atoms with van der Waals surface area (Å²) in [6.45, 7) is 5.43. The number of aromatic nitrogens is 2. The lowest BCUT2D eigenvalue weighted by Gasteiger charge is -2.19. The first-order valence-electron chi connectivity index (χ1n) is 10.2. The van der Waals surface area contributed by atoms with E-state index in [1.54, 1.807) is 14.2 Å². The van der Waals surface area contributed by atoms with Crippen LogP contribution in [-0.2, 0) is 0 Å². The van der Waals surface area contributed by atoms with Gasteiger partial charge < -0.3 is 24.7 Å². The molecule has 30 heavy (non-hydrogen) atoms. The van der Waals surface area contributed by atoms with Gasteiger partial charge in [-0.15, -0.1) is 0 Å². The number of aromatic amines is 1. The second-order valence-electron chi connectivity index (χ2n) is 7.97. The number of carbonyl (C=O) groups is 1. The van der Waals surface area contributed by atoms with Crippen molar-refractivity contribution in [2.75, 3.05) is 27.3 Å². The highest BCUT2D eigenvalue weighted by molar-refractivity contribution is 5.86. The van der Waals surface area contributed by atoms with Crippen molar-refractivity contribution in [2.24, 2.45) is 0 Å². The maximum Gasteiger partial charge on any atom is 0.317 e. The van der Waals surface area contributed by atoms with E-state index < -0.39 is 0 Å². The molecule has 2 aromatic heterocycles. The molecule has 2 N–H and O–H groups in total. The first-order valence-corrected chi connectivity index (χ1v) is 10.2. The zero-order valence-electron chi connectivity index (χ0n) is 17.9. The molecule has 1 aliphatic heterocycles. The Morgan fingerprint density at radius 3 is 2.73 bits per heavy atom. The fraction of sp³-hybridized carbons (Fsp3) is 0.391. The molecule has 3 heterocycles. The Labute approximate surface area is 176 Å². The number of carbonyl (C=O) groups excluding carboxylic acids is 1. The zero-order chi connectivity index (χ0) is 21.3. The minimum absolute atomic E-state index is 0.0106. The Hall–Kier alpha value is -3.22. The zero-order valence-corrected chi connectivity index (χ0v) is 17.9. The quantitative estimate of drug-likeness (QED) is 0.665. The minimum atomic E-state index is 0.0106. The molecular weight excluding hydrogens is 380 g/mol. The second-order valence-corrected chi connectivity index (χ2v) is 7.97.